The molecule has 0 saturated carbocycles. The lowest BCUT2D eigenvalue weighted by Gasteiger charge is -2.25. The van der Waals surface area contributed by atoms with E-state index in [1.165, 1.54) is 12.1 Å². The van der Waals surface area contributed by atoms with E-state index in [4.69, 9.17) is 5.11 Å². The number of carbonyl (C=O) groups is 1. The van der Waals surface area contributed by atoms with Gasteiger partial charge in [0.15, 0.2) is 0 Å². The molecule has 4 heteroatoms. The molecule has 0 unspecified atom stereocenters. The predicted molar refractivity (Wildman–Crippen MR) is 56.5 cm³/mol. The summed E-state index contributed by atoms with van der Waals surface area (Å²) in [4.78, 5) is 12.5. The quantitative estimate of drug-likeness (QED) is 0.829. The molecule has 0 bridgehead atoms. The van der Waals surface area contributed by atoms with Gasteiger partial charge in [0.05, 0.1) is 0 Å². The lowest BCUT2D eigenvalue weighted by atomic mass is 10.2. The highest BCUT2D eigenvalue weighted by Crippen LogP contribution is 2.17. The summed E-state index contributed by atoms with van der Waals surface area (Å²) in [7, 11) is 1.69. The van der Waals surface area contributed by atoms with Crippen molar-refractivity contribution >= 4 is 11.7 Å². The minimum absolute atomic E-state index is 0.324. The molecular formula is C11H14FNO2. The first-order valence-corrected chi connectivity index (χ1v) is 4.77. The van der Waals surface area contributed by atoms with E-state index in [2.05, 4.69) is 0 Å². The minimum Gasteiger partial charge on any atom is -0.480 e. The zero-order chi connectivity index (χ0) is 11.4. The second kappa shape index (κ2) is 4.77. The van der Waals surface area contributed by atoms with E-state index < -0.39 is 12.0 Å². The molecule has 82 valence electrons. The van der Waals surface area contributed by atoms with E-state index in [-0.39, 0.29) is 5.82 Å². The highest BCUT2D eigenvalue weighted by atomic mass is 19.1. The third-order valence-electron chi connectivity index (χ3n) is 2.37. The first kappa shape index (κ1) is 11.5. The number of hydrogen-bond donors (Lipinski definition) is 1. The molecule has 0 fully saturated rings. The van der Waals surface area contributed by atoms with Crippen LogP contribution < -0.4 is 4.90 Å². The Morgan fingerprint density at radius 1 is 1.47 bits per heavy atom. The van der Waals surface area contributed by atoms with Crippen LogP contribution in [0, 0.1) is 5.82 Å². The number of carboxylic acids is 1. The monoisotopic (exact) mass is 211 g/mol. The van der Waals surface area contributed by atoms with Gasteiger partial charge < -0.3 is 10.0 Å². The fraction of sp³-hybridized carbons (Fsp3) is 0.364. The van der Waals surface area contributed by atoms with Crippen molar-refractivity contribution in [3.05, 3.63) is 30.1 Å². The third-order valence-corrected chi connectivity index (χ3v) is 2.37. The molecule has 0 aliphatic rings. The van der Waals surface area contributed by atoms with Crippen LogP contribution in [0.4, 0.5) is 10.1 Å². The number of carboxylic acid groups (broad SMARTS) is 1. The number of rotatable bonds is 4. The molecule has 1 rings (SSSR count). The Labute approximate surface area is 88.1 Å². The average molecular weight is 211 g/mol. The SMILES string of the molecule is CC[C@H](C(=O)O)N(C)c1ccc(F)cc1. The molecule has 3 nitrogen and oxygen atoms in total. The molecule has 0 radical (unpaired) electrons. The molecule has 0 amide bonds. The highest BCUT2D eigenvalue weighted by molar-refractivity contribution is 5.77. The first-order valence-electron chi connectivity index (χ1n) is 4.77. The smallest absolute Gasteiger partial charge is 0.326 e. The number of nitrogens with zero attached hydrogens (tertiary/aromatic N) is 1. The molecule has 0 heterocycles. The van der Waals surface area contributed by atoms with Gasteiger partial charge in [0.2, 0.25) is 0 Å². The normalized spacial score (nSPS) is 12.2. The molecule has 0 spiro atoms. The van der Waals surface area contributed by atoms with Crippen molar-refractivity contribution < 1.29 is 14.3 Å². The molecular weight excluding hydrogens is 197 g/mol. The van der Waals surface area contributed by atoms with Crippen molar-refractivity contribution in [3.63, 3.8) is 0 Å². The fourth-order valence-electron chi connectivity index (χ4n) is 1.47. The second-order valence-corrected chi connectivity index (χ2v) is 3.35. The average Bonchev–Trinajstić information content (AvgIpc) is 2.19. The maximum Gasteiger partial charge on any atom is 0.326 e. The van der Waals surface area contributed by atoms with Crippen molar-refractivity contribution in [2.24, 2.45) is 0 Å². The molecule has 1 aromatic rings. The van der Waals surface area contributed by atoms with Crippen LogP contribution in [0.1, 0.15) is 13.3 Å². The summed E-state index contributed by atoms with van der Waals surface area (Å²) in [5, 5.41) is 8.94. The number of anilines is 1. The van der Waals surface area contributed by atoms with Gasteiger partial charge in [0.25, 0.3) is 0 Å². The van der Waals surface area contributed by atoms with Crippen LogP contribution in [0.25, 0.3) is 0 Å². The lowest BCUT2D eigenvalue weighted by Crippen LogP contribution is -2.37. The van der Waals surface area contributed by atoms with Crippen LogP contribution in [-0.4, -0.2) is 24.2 Å². The summed E-state index contributed by atoms with van der Waals surface area (Å²) in [5.74, 6) is -1.19. The number of likely N-dealkylation sites (N-methyl/N-ethyl adjacent to an activating group) is 1. The van der Waals surface area contributed by atoms with E-state index in [9.17, 15) is 9.18 Å². The summed E-state index contributed by atoms with van der Waals surface area (Å²) in [6.07, 6.45) is 0.503. The summed E-state index contributed by atoms with van der Waals surface area (Å²) in [6.45, 7) is 1.80. The lowest BCUT2D eigenvalue weighted by molar-refractivity contribution is -0.138. The van der Waals surface area contributed by atoms with Crippen LogP contribution in [0.2, 0.25) is 0 Å². The first-order chi connectivity index (χ1) is 7.06. The van der Waals surface area contributed by atoms with Crippen molar-refractivity contribution in [2.75, 3.05) is 11.9 Å². The minimum atomic E-state index is -0.871. The van der Waals surface area contributed by atoms with Crippen molar-refractivity contribution in [1.82, 2.24) is 0 Å². The molecule has 0 aliphatic heterocycles. The second-order valence-electron chi connectivity index (χ2n) is 3.35. The number of hydrogen-bond acceptors (Lipinski definition) is 2. The number of halogens is 1. The van der Waals surface area contributed by atoms with Crippen LogP contribution in [0.3, 0.4) is 0 Å². The predicted octanol–water partition coefficient (Wildman–Crippen LogP) is 2.13. The van der Waals surface area contributed by atoms with Gasteiger partial charge in [-0.25, -0.2) is 9.18 Å². The molecule has 1 aromatic carbocycles. The van der Waals surface area contributed by atoms with Crippen molar-refractivity contribution in [2.45, 2.75) is 19.4 Å². The van der Waals surface area contributed by atoms with E-state index >= 15 is 0 Å². The van der Waals surface area contributed by atoms with Gasteiger partial charge in [-0.15, -0.1) is 0 Å². The van der Waals surface area contributed by atoms with Crippen LogP contribution in [0.15, 0.2) is 24.3 Å². The summed E-state index contributed by atoms with van der Waals surface area (Å²) in [6, 6.07) is 5.21. The molecule has 15 heavy (non-hydrogen) atoms. The number of benzene rings is 1. The fourth-order valence-corrected chi connectivity index (χ4v) is 1.47. The third kappa shape index (κ3) is 2.68. The van der Waals surface area contributed by atoms with Gasteiger partial charge >= 0.3 is 5.97 Å². The Kier molecular flexibility index (Phi) is 3.66. The largest absolute Gasteiger partial charge is 0.480 e. The van der Waals surface area contributed by atoms with Gasteiger partial charge in [-0.3, -0.25) is 0 Å². The van der Waals surface area contributed by atoms with Gasteiger partial charge in [-0.1, -0.05) is 6.92 Å². The van der Waals surface area contributed by atoms with Crippen molar-refractivity contribution in [1.29, 1.82) is 0 Å². The zero-order valence-corrected chi connectivity index (χ0v) is 8.77. The van der Waals surface area contributed by atoms with E-state index in [1.807, 2.05) is 0 Å². The Bertz CT molecular complexity index is 337. The van der Waals surface area contributed by atoms with Gasteiger partial charge in [-0.05, 0) is 30.7 Å². The standard InChI is InChI=1S/C11H14FNO2/c1-3-10(11(14)15)13(2)9-6-4-8(12)5-7-9/h4-7,10H,3H2,1-2H3,(H,14,15)/t10-/m1/s1. The van der Waals surface area contributed by atoms with Crippen LogP contribution in [0.5, 0.6) is 0 Å². The van der Waals surface area contributed by atoms with E-state index in [1.54, 1.807) is 31.0 Å². The van der Waals surface area contributed by atoms with Crippen molar-refractivity contribution in [3.8, 4) is 0 Å². The Balaban J connectivity index is 2.87. The zero-order valence-electron chi connectivity index (χ0n) is 8.77. The Hall–Kier alpha value is -1.58. The Morgan fingerprint density at radius 2 is 2.00 bits per heavy atom. The summed E-state index contributed by atoms with van der Waals surface area (Å²) >= 11 is 0. The van der Waals surface area contributed by atoms with Gasteiger partial charge in [0, 0.05) is 12.7 Å². The topological polar surface area (TPSA) is 40.5 Å². The summed E-state index contributed by atoms with van der Waals surface area (Å²) < 4.78 is 12.7. The Morgan fingerprint density at radius 3 is 2.40 bits per heavy atom. The van der Waals surface area contributed by atoms with Crippen LogP contribution in [-0.2, 0) is 4.79 Å². The molecule has 1 N–H and O–H groups in total. The van der Waals surface area contributed by atoms with E-state index in [0.29, 0.717) is 12.1 Å². The van der Waals surface area contributed by atoms with Gasteiger partial charge in [0.1, 0.15) is 11.9 Å². The van der Waals surface area contributed by atoms with Crippen LogP contribution >= 0.6 is 0 Å². The molecule has 1 atom stereocenters. The molecule has 0 aromatic heterocycles. The highest BCUT2D eigenvalue weighted by Gasteiger charge is 2.20. The number of aliphatic carboxylic acids is 1. The van der Waals surface area contributed by atoms with E-state index in [0.717, 1.165) is 0 Å². The maximum absolute atomic E-state index is 12.7. The molecule has 0 saturated heterocycles. The molecule has 0 aliphatic carbocycles. The summed E-state index contributed by atoms with van der Waals surface area (Å²) in [5.41, 5.74) is 0.700. The maximum atomic E-state index is 12.7. The van der Waals surface area contributed by atoms with Gasteiger partial charge in [-0.2, -0.15) is 0 Å².